The maximum Gasteiger partial charge on any atom is 0.128 e. The predicted octanol–water partition coefficient (Wildman–Crippen LogP) is 0.271. The fraction of sp³-hybridized carbons (Fsp3) is 0.500. The summed E-state index contributed by atoms with van der Waals surface area (Å²) in [6, 6.07) is 1.77. The molecule has 0 aromatic carbocycles. The fourth-order valence-corrected chi connectivity index (χ4v) is 1.82. The molecule has 1 aromatic rings. The molecule has 1 aliphatic rings. The van der Waals surface area contributed by atoms with Crippen LogP contribution in [-0.2, 0) is 5.60 Å². The SMILES string of the molecule is COc1ccncc1C1(O)CCNC1. The standard InChI is InChI=1S/C10H14N2O2/c1-14-9-2-4-11-6-8(9)10(13)3-5-12-7-10/h2,4,6,12-13H,3,5,7H2,1H3. The van der Waals surface area contributed by atoms with Crippen LogP contribution in [0, 0.1) is 0 Å². The Hall–Kier alpha value is -1.13. The highest BCUT2D eigenvalue weighted by Gasteiger charge is 2.35. The van der Waals surface area contributed by atoms with Crippen LogP contribution in [0.1, 0.15) is 12.0 Å². The van der Waals surface area contributed by atoms with Gasteiger partial charge in [-0.1, -0.05) is 0 Å². The van der Waals surface area contributed by atoms with Gasteiger partial charge in [0.1, 0.15) is 11.4 Å². The molecule has 4 heteroatoms. The minimum Gasteiger partial charge on any atom is -0.496 e. The Morgan fingerprint density at radius 1 is 1.64 bits per heavy atom. The number of aliphatic hydroxyl groups is 1. The number of rotatable bonds is 2. The third-order valence-corrected chi connectivity index (χ3v) is 2.64. The molecule has 0 saturated carbocycles. The molecule has 0 aliphatic carbocycles. The quantitative estimate of drug-likeness (QED) is 0.709. The Kier molecular flexibility index (Phi) is 2.39. The van der Waals surface area contributed by atoms with Gasteiger partial charge in [0.2, 0.25) is 0 Å². The van der Waals surface area contributed by atoms with Gasteiger partial charge < -0.3 is 15.2 Å². The van der Waals surface area contributed by atoms with E-state index in [4.69, 9.17) is 4.74 Å². The maximum atomic E-state index is 10.3. The molecule has 14 heavy (non-hydrogen) atoms. The lowest BCUT2D eigenvalue weighted by Gasteiger charge is -2.23. The molecular weight excluding hydrogens is 180 g/mol. The van der Waals surface area contributed by atoms with Crippen LogP contribution in [0.5, 0.6) is 5.75 Å². The van der Waals surface area contributed by atoms with Crippen molar-refractivity contribution in [3.05, 3.63) is 24.0 Å². The number of nitrogens with zero attached hydrogens (tertiary/aromatic N) is 1. The van der Waals surface area contributed by atoms with E-state index in [0.717, 1.165) is 12.1 Å². The number of methoxy groups -OCH3 is 1. The van der Waals surface area contributed by atoms with E-state index in [-0.39, 0.29) is 0 Å². The molecule has 0 spiro atoms. The smallest absolute Gasteiger partial charge is 0.128 e. The molecule has 76 valence electrons. The fourth-order valence-electron chi connectivity index (χ4n) is 1.82. The molecule has 1 unspecified atom stereocenters. The summed E-state index contributed by atoms with van der Waals surface area (Å²) in [4.78, 5) is 4.02. The van der Waals surface area contributed by atoms with E-state index >= 15 is 0 Å². The molecule has 1 aromatic heterocycles. The van der Waals surface area contributed by atoms with Gasteiger partial charge in [-0.3, -0.25) is 4.98 Å². The lowest BCUT2D eigenvalue weighted by atomic mass is 9.94. The van der Waals surface area contributed by atoms with Gasteiger partial charge in [-0.15, -0.1) is 0 Å². The molecule has 4 nitrogen and oxygen atoms in total. The molecule has 1 fully saturated rings. The first-order valence-electron chi connectivity index (χ1n) is 4.68. The van der Waals surface area contributed by atoms with Crippen molar-refractivity contribution in [1.29, 1.82) is 0 Å². The summed E-state index contributed by atoms with van der Waals surface area (Å²) in [5.74, 6) is 0.700. The summed E-state index contributed by atoms with van der Waals surface area (Å²) >= 11 is 0. The molecule has 0 bridgehead atoms. The highest BCUT2D eigenvalue weighted by Crippen LogP contribution is 2.33. The molecule has 0 radical (unpaired) electrons. The summed E-state index contributed by atoms with van der Waals surface area (Å²) < 4.78 is 5.20. The van der Waals surface area contributed by atoms with E-state index in [2.05, 4.69) is 10.3 Å². The number of ether oxygens (including phenoxy) is 1. The average molecular weight is 194 g/mol. The van der Waals surface area contributed by atoms with Crippen LogP contribution in [0.2, 0.25) is 0 Å². The molecule has 2 N–H and O–H groups in total. The first-order valence-corrected chi connectivity index (χ1v) is 4.68. The monoisotopic (exact) mass is 194 g/mol. The van der Waals surface area contributed by atoms with Gasteiger partial charge in [0.15, 0.2) is 0 Å². The van der Waals surface area contributed by atoms with E-state index in [1.54, 1.807) is 25.6 Å². The van der Waals surface area contributed by atoms with E-state index < -0.39 is 5.60 Å². The average Bonchev–Trinajstić information content (AvgIpc) is 2.66. The molecule has 1 atom stereocenters. The second-order valence-corrected chi connectivity index (χ2v) is 3.53. The van der Waals surface area contributed by atoms with Crippen molar-refractivity contribution in [3.8, 4) is 5.75 Å². The number of hydrogen-bond donors (Lipinski definition) is 2. The predicted molar refractivity (Wildman–Crippen MR) is 52.2 cm³/mol. The molecule has 2 heterocycles. The number of nitrogens with one attached hydrogen (secondary N) is 1. The van der Waals surface area contributed by atoms with Gasteiger partial charge in [0.05, 0.1) is 7.11 Å². The third-order valence-electron chi connectivity index (χ3n) is 2.64. The minimum absolute atomic E-state index is 0.565. The summed E-state index contributed by atoms with van der Waals surface area (Å²) in [5.41, 5.74) is -0.0490. The zero-order valence-corrected chi connectivity index (χ0v) is 8.16. The Morgan fingerprint density at radius 3 is 3.14 bits per heavy atom. The maximum absolute atomic E-state index is 10.3. The van der Waals surface area contributed by atoms with Crippen LogP contribution < -0.4 is 10.1 Å². The van der Waals surface area contributed by atoms with Gasteiger partial charge in [-0.2, -0.15) is 0 Å². The highest BCUT2D eigenvalue weighted by molar-refractivity contribution is 5.36. The summed E-state index contributed by atoms with van der Waals surface area (Å²) in [5, 5.41) is 13.4. The van der Waals surface area contributed by atoms with Gasteiger partial charge in [-0.25, -0.2) is 0 Å². The zero-order valence-electron chi connectivity index (χ0n) is 8.16. The molecule has 1 aliphatic heterocycles. The summed E-state index contributed by atoms with van der Waals surface area (Å²) in [6.07, 6.45) is 4.04. The van der Waals surface area contributed by atoms with Crippen molar-refractivity contribution in [2.24, 2.45) is 0 Å². The van der Waals surface area contributed by atoms with E-state index in [1.807, 2.05) is 0 Å². The van der Waals surface area contributed by atoms with Crippen molar-refractivity contribution < 1.29 is 9.84 Å². The second-order valence-electron chi connectivity index (χ2n) is 3.53. The first-order chi connectivity index (χ1) is 6.76. The molecule has 2 rings (SSSR count). The summed E-state index contributed by atoms with van der Waals surface area (Å²) in [7, 11) is 1.60. The Balaban J connectivity index is 2.39. The number of β-amino-alcohol motifs (C(OH)–C–C–N with tert-alkyl or cyclic N) is 1. The van der Waals surface area contributed by atoms with Crippen LogP contribution in [0.3, 0.4) is 0 Å². The van der Waals surface area contributed by atoms with Crippen LogP contribution >= 0.6 is 0 Å². The number of hydrogen-bond acceptors (Lipinski definition) is 4. The van der Waals surface area contributed by atoms with Gasteiger partial charge in [-0.05, 0) is 19.0 Å². The topological polar surface area (TPSA) is 54.4 Å². The summed E-state index contributed by atoms with van der Waals surface area (Å²) in [6.45, 7) is 1.39. The largest absolute Gasteiger partial charge is 0.496 e. The lowest BCUT2D eigenvalue weighted by molar-refractivity contribution is 0.0557. The van der Waals surface area contributed by atoms with E-state index in [1.165, 1.54) is 0 Å². The normalized spacial score (nSPS) is 26.4. The first kappa shape index (κ1) is 9.43. The van der Waals surface area contributed by atoms with Crippen molar-refractivity contribution >= 4 is 0 Å². The van der Waals surface area contributed by atoms with Crippen LogP contribution in [0.25, 0.3) is 0 Å². The minimum atomic E-state index is -0.820. The van der Waals surface area contributed by atoms with Crippen molar-refractivity contribution in [1.82, 2.24) is 10.3 Å². The van der Waals surface area contributed by atoms with Gasteiger partial charge in [0, 0.05) is 24.5 Å². The molecule has 0 amide bonds. The second kappa shape index (κ2) is 3.55. The van der Waals surface area contributed by atoms with E-state index in [0.29, 0.717) is 18.7 Å². The highest BCUT2D eigenvalue weighted by atomic mass is 16.5. The Labute approximate surface area is 82.9 Å². The third kappa shape index (κ3) is 1.47. The lowest BCUT2D eigenvalue weighted by Crippen LogP contribution is -2.29. The van der Waals surface area contributed by atoms with Gasteiger partial charge >= 0.3 is 0 Å². The van der Waals surface area contributed by atoms with Crippen LogP contribution in [0.4, 0.5) is 0 Å². The molecular formula is C10H14N2O2. The zero-order chi connectivity index (χ0) is 10.0. The Morgan fingerprint density at radius 2 is 2.50 bits per heavy atom. The van der Waals surface area contributed by atoms with Crippen molar-refractivity contribution in [2.75, 3.05) is 20.2 Å². The number of aromatic nitrogens is 1. The number of pyridine rings is 1. The Bertz CT molecular complexity index is 322. The molecule has 1 saturated heterocycles. The van der Waals surface area contributed by atoms with Crippen LogP contribution in [-0.4, -0.2) is 30.3 Å². The van der Waals surface area contributed by atoms with Crippen molar-refractivity contribution in [3.63, 3.8) is 0 Å². The van der Waals surface area contributed by atoms with Crippen molar-refractivity contribution in [2.45, 2.75) is 12.0 Å². The van der Waals surface area contributed by atoms with Crippen LogP contribution in [0.15, 0.2) is 18.5 Å². The van der Waals surface area contributed by atoms with Gasteiger partial charge in [0.25, 0.3) is 0 Å². The van der Waals surface area contributed by atoms with E-state index in [9.17, 15) is 5.11 Å².